The maximum absolute atomic E-state index is 13.0. The number of carbonyl (C=O) groups excluding carboxylic acids is 6. The van der Waals surface area contributed by atoms with Gasteiger partial charge in [0, 0.05) is 23.9 Å². The number of carbonyl (C=O) groups is 6. The number of carboxylic acid groups (broad SMARTS) is 1. The van der Waals surface area contributed by atoms with Crippen molar-refractivity contribution < 1.29 is 76.6 Å². The number of rotatable bonds is 9. The number of β-lactam (4-membered cyclic amide) rings is 1. The van der Waals surface area contributed by atoms with Crippen LogP contribution in [0.4, 0.5) is 15.3 Å². The molecule has 2 fully saturated rings. The number of sulfonamides is 1. The van der Waals surface area contributed by atoms with Crippen LogP contribution in [-0.4, -0.2) is 95.2 Å². The van der Waals surface area contributed by atoms with E-state index in [0.717, 1.165) is 9.80 Å². The summed E-state index contributed by atoms with van der Waals surface area (Å²) in [4.78, 5) is 76.4. The molecule has 1 unspecified atom stereocenters. The molecule has 18 heteroatoms. The molecule has 0 spiro atoms. The normalized spacial score (nSPS) is 19.1. The number of aliphatic carboxylic acids is 1. The Labute approximate surface area is 289 Å². The SMILES string of the molecule is CC(=O)OCC1=C(C(=O)[O-])N2C(=O)C(NC(=O)Cc3ccccc3NC(=O)N3CCN(S(=O)(=O)c4ccccc4)C3=O)[C@H]2SC1.[Na+]. The molecule has 3 heterocycles. The van der Waals surface area contributed by atoms with Crippen LogP contribution in [0.25, 0.3) is 0 Å². The van der Waals surface area contributed by atoms with E-state index in [4.69, 9.17) is 4.74 Å². The van der Waals surface area contributed by atoms with Crippen molar-refractivity contribution in [3.8, 4) is 0 Å². The maximum Gasteiger partial charge on any atom is 1.00 e. The number of ether oxygens (including phenoxy) is 1. The Bertz CT molecular complexity index is 1740. The number of esters is 1. The van der Waals surface area contributed by atoms with Gasteiger partial charge in [0.05, 0.1) is 36.1 Å². The summed E-state index contributed by atoms with van der Waals surface area (Å²) < 4.78 is 31.3. The number of urea groups is 2. The molecule has 2 N–H and O–H groups in total. The third-order valence-electron chi connectivity index (χ3n) is 7.16. The number of benzene rings is 2. The quantitative estimate of drug-likeness (QED) is 0.154. The van der Waals surface area contributed by atoms with Gasteiger partial charge in [-0.3, -0.25) is 19.3 Å². The molecule has 0 aliphatic carbocycles. The van der Waals surface area contributed by atoms with E-state index in [1.807, 2.05) is 0 Å². The van der Waals surface area contributed by atoms with E-state index in [2.05, 4.69) is 10.6 Å². The second-order valence-electron chi connectivity index (χ2n) is 10.1. The smallest absolute Gasteiger partial charge is 0.543 e. The number of hydrogen-bond donors (Lipinski definition) is 2. The molecule has 5 rings (SSSR count). The summed E-state index contributed by atoms with van der Waals surface area (Å²) >= 11 is 1.19. The number of thioether (sulfide) groups is 1. The molecule has 6 amide bonds. The minimum atomic E-state index is -4.17. The number of amides is 6. The van der Waals surface area contributed by atoms with Crippen LogP contribution in [0.2, 0.25) is 0 Å². The van der Waals surface area contributed by atoms with Crippen LogP contribution in [-0.2, 0) is 40.4 Å². The van der Waals surface area contributed by atoms with Gasteiger partial charge in [-0.1, -0.05) is 36.4 Å². The largest absolute Gasteiger partial charge is 1.00 e. The number of imide groups is 1. The molecule has 3 aliphatic heterocycles. The van der Waals surface area contributed by atoms with Crippen LogP contribution in [0.3, 0.4) is 0 Å². The molecule has 46 heavy (non-hydrogen) atoms. The monoisotopic (exact) mass is 679 g/mol. The zero-order valence-corrected chi connectivity index (χ0v) is 28.3. The van der Waals surface area contributed by atoms with Crippen molar-refractivity contribution >= 4 is 63.3 Å². The fourth-order valence-corrected chi connectivity index (χ4v) is 7.70. The van der Waals surface area contributed by atoms with Crippen molar-refractivity contribution in [3.63, 3.8) is 0 Å². The summed E-state index contributed by atoms with van der Waals surface area (Å²) in [6, 6.07) is 10.6. The van der Waals surface area contributed by atoms with Gasteiger partial charge in [-0.15, -0.1) is 11.8 Å². The summed E-state index contributed by atoms with van der Waals surface area (Å²) in [5.41, 5.74) is 0.324. The predicted molar refractivity (Wildman–Crippen MR) is 155 cm³/mol. The number of para-hydroxylation sites is 1. The topological polar surface area (TPSA) is 203 Å². The van der Waals surface area contributed by atoms with Crippen LogP contribution in [0.5, 0.6) is 0 Å². The standard InChI is InChI=1S/C28H27N5O10S2.Na/c1-16(34)43-14-18-15-44-25-22(24(36)33(25)23(18)26(37)38)30-21(35)13-17-7-5-6-10-20(17)29-27(39)31-11-12-32(28(31)40)45(41,42)19-8-3-2-4-9-19;/h2-10,22,25H,11-15H2,1H3,(H,29,39)(H,30,35)(H,37,38);/q;+1/p-1/t22?,25-;/m1./s1. The first kappa shape index (κ1) is 35.0. The number of carboxylic acids is 1. The minimum absolute atomic E-state index is 0. The average Bonchev–Trinajstić information content (AvgIpc) is 3.41. The fourth-order valence-electron chi connectivity index (χ4n) is 5.00. The Morgan fingerprint density at radius 2 is 1.70 bits per heavy atom. The van der Waals surface area contributed by atoms with Crippen molar-refractivity contribution in [3.05, 3.63) is 71.4 Å². The third-order valence-corrected chi connectivity index (χ3v) is 10.3. The van der Waals surface area contributed by atoms with E-state index in [0.29, 0.717) is 9.87 Å². The molecule has 0 saturated carbocycles. The molecule has 236 valence electrons. The first-order valence-electron chi connectivity index (χ1n) is 13.5. The minimum Gasteiger partial charge on any atom is -0.543 e. The van der Waals surface area contributed by atoms with Gasteiger partial charge in [0.2, 0.25) is 5.91 Å². The van der Waals surface area contributed by atoms with Crippen LogP contribution in [0.1, 0.15) is 12.5 Å². The molecular formula is C28H26N5NaO10S2. The van der Waals surface area contributed by atoms with E-state index < -0.39 is 63.0 Å². The zero-order chi connectivity index (χ0) is 32.5. The number of nitrogens with one attached hydrogen (secondary N) is 2. The van der Waals surface area contributed by atoms with Gasteiger partial charge in [0.15, 0.2) is 0 Å². The Balaban J connectivity index is 0.00000480. The van der Waals surface area contributed by atoms with Crippen molar-refractivity contribution in [1.29, 1.82) is 0 Å². The van der Waals surface area contributed by atoms with Crippen LogP contribution in [0.15, 0.2) is 70.8 Å². The van der Waals surface area contributed by atoms with Gasteiger partial charge in [-0.2, -0.15) is 0 Å². The number of nitrogens with zero attached hydrogens (tertiary/aromatic N) is 3. The summed E-state index contributed by atoms with van der Waals surface area (Å²) in [6.07, 6.45) is -0.291. The summed E-state index contributed by atoms with van der Waals surface area (Å²) in [6.45, 7) is 0.426. The van der Waals surface area contributed by atoms with E-state index in [-0.39, 0.29) is 77.6 Å². The van der Waals surface area contributed by atoms with Gasteiger partial charge in [0.25, 0.3) is 15.9 Å². The molecule has 3 aliphatic rings. The summed E-state index contributed by atoms with van der Waals surface area (Å²) in [5.74, 6) is -3.37. The predicted octanol–water partition coefficient (Wildman–Crippen LogP) is -3.14. The van der Waals surface area contributed by atoms with Gasteiger partial charge < -0.3 is 25.3 Å². The Kier molecular flexibility index (Phi) is 10.8. The van der Waals surface area contributed by atoms with E-state index in [1.54, 1.807) is 24.3 Å². The van der Waals surface area contributed by atoms with Crippen molar-refractivity contribution in [2.24, 2.45) is 0 Å². The zero-order valence-electron chi connectivity index (χ0n) is 24.6. The van der Waals surface area contributed by atoms with Gasteiger partial charge in [0.1, 0.15) is 18.0 Å². The molecule has 2 atom stereocenters. The molecule has 0 aromatic heterocycles. The second-order valence-corrected chi connectivity index (χ2v) is 13.0. The molecule has 2 aromatic rings. The molecule has 0 bridgehead atoms. The second kappa shape index (κ2) is 14.3. The molecule has 0 radical (unpaired) electrons. The van der Waals surface area contributed by atoms with Gasteiger partial charge >= 0.3 is 47.6 Å². The Morgan fingerprint density at radius 3 is 2.37 bits per heavy atom. The Hall–Kier alpha value is -3.90. The van der Waals surface area contributed by atoms with E-state index in [1.165, 1.54) is 49.0 Å². The van der Waals surface area contributed by atoms with Crippen molar-refractivity contribution in [2.45, 2.75) is 29.7 Å². The molecule has 15 nitrogen and oxygen atoms in total. The number of fused-ring (bicyclic) bond motifs is 1. The summed E-state index contributed by atoms with van der Waals surface area (Å²) in [7, 11) is -4.17. The van der Waals surface area contributed by atoms with Gasteiger partial charge in [-0.05, 0) is 23.8 Å². The van der Waals surface area contributed by atoms with Gasteiger partial charge in [-0.25, -0.2) is 27.2 Å². The average molecular weight is 680 g/mol. The van der Waals surface area contributed by atoms with Crippen molar-refractivity contribution in [2.75, 3.05) is 30.8 Å². The first-order chi connectivity index (χ1) is 21.4. The van der Waals surface area contributed by atoms with Crippen LogP contribution >= 0.6 is 11.8 Å². The summed E-state index contributed by atoms with van der Waals surface area (Å²) in [5, 5.41) is 16.2. The number of anilines is 1. The third kappa shape index (κ3) is 6.92. The maximum atomic E-state index is 13.0. The molecule has 2 saturated heterocycles. The van der Waals surface area contributed by atoms with Crippen LogP contribution < -0.4 is 45.3 Å². The first-order valence-corrected chi connectivity index (χ1v) is 16.0. The molecular weight excluding hydrogens is 653 g/mol. The van der Waals surface area contributed by atoms with E-state index >= 15 is 0 Å². The van der Waals surface area contributed by atoms with E-state index in [9.17, 15) is 42.3 Å². The van der Waals surface area contributed by atoms with Crippen LogP contribution in [0, 0.1) is 0 Å². The fraction of sp³-hybridized carbons (Fsp3) is 0.286. The molecule has 2 aromatic carbocycles. The van der Waals surface area contributed by atoms with Crippen molar-refractivity contribution in [1.82, 2.24) is 19.4 Å². The Morgan fingerprint density at radius 1 is 1.02 bits per heavy atom. The number of hydrogen-bond acceptors (Lipinski definition) is 11.